The van der Waals surface area contributed by atoms with Crippen molar-refractivity contribution >= 4 is 10.0 Å². The third kappa shape index (κ3) is 3.57. The summed E-state index contributed by atoms with van der Waals surface area (Å²) in [6, 6.07) is 9.15. The summed E-state index contributed by atoms with van der Waals surface area (Å²) in [6.07, 6.45) is -2.36. The van der Waals surface area contributed by atoms with Gasteiger partial charge in [0.2, 0.25) is 22.6 Å². The molecule has 0 aromatic heterocycles. The van der Waals surface area contributed by atoms with Crippen molar-refractivity contribution in [2.75, 3.05) is 13.9 Å². The van der Waals surface area contributed by atoms with E-state index in [1.54, 1.807) is 50.2 Å². The van der Waals surface area contributed by atoms with E-state index in [-0.39, 0.29) is 11.7 Å². The number of benzene rings is 2. The van der Waals surface area contributed by atoms with E-state index >= 15 is 0 Å². The van der Waals surface area contributed by atoms with Gasteiger partial charge in [-0.3, -0.25) is 0 Å². The van der Waals surface area contributed by atoms with Gasteiger partial charge in [0, 0.05) is 0 Å². The molecule has 0 spiro atoms. The van der Waals surface area contributed by atoms with Crippen LogP contribution in [0.3, 0.4) is 0 Å². The van der Waals surface area contributed by atoms with Crippen LogP contribution in [0.25, 0.3) is 0 Å². The van der Waals surface area contributed by atoms with Gasteiger partial charge < -0.3 is 28.8 Å². The van der Waals surface area contributed by atoms with Crippen molar-refractivity contribution in [2.45, 2.75) is 61.8 Å². The number of fused-ring (bicyclic) bond motifs is 4. The van der Waals surface area contributed by atoms with E-state index in [4.69, 9.17) is 23.7 Å². The number of rotatable bonds is 3. The lowest BCUT2D eigenvalue weighted by molar-refractivity contribution is -0.156. The largest absolute Gasteiger partial charge is 0.491 e. The van der Waals surface area contributed by atoms with E-state index < -0.39 is 52.1 Å². The molecule has 36 heavy (non-hydrogen) atoms. The predicted molar refractivity (Wildman–Crippen MR) is 127 cm³/mol. The van der Waals surface area contributed by atoms with Crippen molar-refractivity contribution in [3.8, 4) is 29.1 Å². The molecule has 10 heteroatoms. The Morgan fingerprint density at radius 2 is 1.78 bits per heavy atom. The monoisotopic (exact) mass is 513 g/mol. The molecule has 7 atom stereocenters. The van der Waals surface area contributed by atoms with Crippen LogP contribution in [0.5, 0.6) is 17.2 Å². The molecular formula is C26H27NO8S. The third-order valence-corrected chi connectivity index (χ3v) is 9.00. The van der Waals surface area contributed by atoms with Crippen LogP contribution in [0.2, 0.25) is 0 Å². The number of nitrogens with zero attached hydrogens (tertiary/aromatic N) is 1. The lowest BCUT2D eigenvalue weighted by Gasteiger charge is -2.29. The number of aliphatic hydroxyl groups is 1. The Morgan fingerprint density at radius 1 is 1.06 bits per heavy atom. The number of methoxy groups -OCH3 is 1. The molecule has 1 unspecified atom stereocenters. The zero-order valence-corrected chi connectivity index (χ0v) is 21.1. The van der Waals surface area contributed by atoms with Gasteiger partial charge in [0.25, 0.3) is 0 Å². The zero-order chi connectivity index (χ0) is 25.4. The molecule has 1 aliphatic carbocycles. The highest BCUT2D eigenvalue weighted by Gasteiger charge is 2.72. The average molecular weight is 514 g/mol. The van der Waals surface area contributed by atoms with Crippen molar-refractivity contribution in [3.05, 3.63) is 47.5 Å². The van der Waals surface area contributed by atoms with Crippen molar-refractivity contribution in [1.82, 2.24) is 4.31 Å². The topological polar surface area (TPSA) is 104 Å². The third-order valence-electron chi connectivity index (χ3n) is 7.09. The summed E-state index contributed by atoms with van der Waals surface area (Å²) in [5.74, 6) is 6.02. The molecule has 0 amide bonds. The summed E-state index contributed by atoms with van der Waals surface area (Å²) in [5, 5.41) is 11.3. The Bertz CT molecular complexity index is 1380. The van der Waals surface area contributed by atoms with E-state index in [1.807, 2.05) is 6.92 Å². The van der Waals surface area contributed by atoms with Gasteiger partial charge in [-0.05, 0) is 45.0 Å². The first-order valence-corrected chi connectivity index (χ1v) is 13.2. The summed E-state index contributed by atoms with van der Waals surface area (Å²) in [5.41, 5.74) is 1.51. The van der Waals surface area contributed by atoms with Gasteiger partial charge >= 0.3 is 0 Å². The Kier molecular flexibility index (Phi) is 5.30. The second-order valence-corrected chi connectivity index (χ2v) is 11.7. The maximum atomic E-state index is 13.6. The predicted octanol–water partition coefficient (Wildman–Crippen LogP) is 2.04. The number of sulfonamides is 1. The second-order valence-electron chi connectivity index (χ2n) is 9.86. The van der Waals surface area contributed by atoms with Gasteiger partial charge in [-0.2, -0.15) is 4.31 Å². The molecule has 6 rings (SSSR count). The first-order valence-electron chi connectivity index (χ1n) is 11.7. The SMILES string of the molecule is COc1c(C#C[C@H]2[C@H](O)[C@H]3OC(C)(C)O[C@H]3[C@H]3[C@@H]2N3S(=O)(=O)c2ccc(C)cc2)ccc2c1OCO2. The molecule has 1 N–H and O–H groups in total. The van der Waals surface area contributed by atoms with Crippen molar-refractivity contribution in [3.63, 3.8) is 0 Å². The minimum absolute atomic E-state index is 0.0929. The molecule has 190 valence electrons. The van der Waals surface area contributed by atoms with E-state index in [0.29, 0.717) is 22.8 Å². The van der Waals surface area contributed by atoms with Crippen molar-refractivity contribution < 1.29 is 37.2 Å². The molecule has 4 aliphatic rings. The smallest absolute Gasteiger partial charge is 0.243 e. The molecule has 3 heterocycles. The molecule has 2 aromatic rings. The Labute approximate surface area is 209 Å². The molecule has 3 aliphatic heterocycles. The van der Waals surface area contributed by atoms with Crippen molar-refractivity contribution in [1.29, 1.82) is 0 Å². The van der Waals surface area contributed by atoms with Gasteiger partial charge in [0.15, 0.2) is 17.3 Å². The highest BCUT2D eigenvalue weighted by atomic mass is 32.2. The summed E-state index contributed by atoms with van der Waals surface area (Å²) < 4.78 is 57.2. The van der Waals surface area contributed by atoms with Gasteiger partial charge in [-0.1, -0.05) is 29.5 Å². The van der Waals surface area contributed by atoms with E-state index in [1.165, 1.54) is 11.4 Å². The van der Waals surface area contributed by atoms with Gasteiger partial charge in [-0.25, -0.2) is 8.42 Å². The van der Waals surface area contributed by atoms with Crippen LogP contribution >= 0.6 is 0 Å². The molecule has 1 saturated carbocycles. The number of aliphatic hydroxyl groups excluding tert-OH is 1. The molecule has 9 nitrogen and oxygen atoms in total. The van der Waals surface area contributed by atoms with Crippen molar-refractivity contribution in [2.24, 2.45) is 5.92 Å². The van der Waals surface area contributed by atoms with Crippen LogP contribution < -0.4 is 14.2 Å². The lowest BCUT2D eigenvalue weighted by atomic mass is 9.83. The first kappa shape index (κ1) is 23.6. The fraction of sp³-hybridized carbons (Fsp3) is 0.462. The quantitative estimate of drug-likeness (QED) is 0.491. The molecule has 3 fully saturated rings. The Balaban J connectivity index is 1.39. The lowest BCUT2D eigenvalue weighted by Crippen LogP contribution is -2.49. The highest BCUT2D eigenvalue weighted by molar-refractivity contribution is 7.89. The number of aryl methyl sites for hydroxylation is 1. The highest BCUT2D eigenvalue weighted by Crippen LogP contribution is 2.53. The van der Waals surface area contributed by atoms with Gasteiger partial charge in [-0.15, -0.1) is 0 Å². The zero-order valence-electron chi connectivity index (χ0n) is 20.3. The van der Waals surface area contributed by atoms with Crippen LogP contribution in [0.4, 0.5) is 0 Å². The van der Waals surface area contributed by atoms with E-state index in [0.717, 1.165) is 5.56 Å². The average Bonchev–Trinajstić information content (AvgIpc) is 3.23. The minimum atomic E-state index is -3.84. The van der Waals surface area contributed by atoms with Crippen LogP contribution in [-0.2, 0) is 19.5 Å². The van der Waals surface area contributed by atoms with Gasteiger partial charge in [0.05, 0.1) is 41.7 Å². The molecular weight excluding hydrogens is 486 g/mol. The molecule has 2 saturated heterocycles. The summed E-state index contributed by atoms with van der Waals surface area (Å²) in [7, 11) is -2.33. The maximum Gasteiger partial charge on any atom is 0.243 e. The van der Waals surface area contributed by atoms with Crippen LogP contribution in [0.1, 0.15) is 25.0 Å². The number of hydrogen-bond acceptors (Lipinski definition) is 8. The summed E-state index contributed by atoms with van der Waals surface area (Å²) in [4.78, 5) is 0.191. The van der Waals surface area contributed by atoms with Crippen LogP contribution in [-0.4, -0.2) is 67.9 Å². The van der Waals surface area contributed by atoms with Crippen LogP contribution in [0, 0.1) is 24.7 Å². The van der Waals surface area contributed by atoms with Crippen LogP contribution in [0.15, 0.2) is 41.3 Å². The molecule has 0 radical (unpaired) electrons. The summed E-state index contributed by atoms with van der Waals surface area (Å²) in [6.45, 7) is 5.50. The second kappa shape index (κ2) is 8.10. The minimum Gasteiger partial charge on any atom is -0.491 e. The molecule has 2 aromatic carbocycles. The fourth-order valence-electron chi connectivity index (χ4n) is 5.44. The fourth-order valence-corrected chi connectivity index (χ4v) is 7.25. The molecule has 0 bridgehead atoms. The van der Waals surface area contributed by atoms with E-state index in [2.05, 4.69) is 11.8 Å². The Hall–Kier alpha value is -2.81. The number of hydrogen-bond donors (Lipinski definition) is 1. The van der Waals surface area contributed by atoms with Gasteiger partial charge in [0.1, 0.15) is 12.2 Å². The summed E-state index contributed by atoms with van der Waals surface area (Å²) >= 11 is 0. The Morgan fingerprint density at radius 3 is 2.50 bits per heavy atom. The first-order chi connectivity index (χ1) is 17.1. The standard InChI is InChI=1S/C26H27NO8S/c1-14-5-9-16(10-6-14)36(29,30)27-19-17(21(28)25-24(20(19)27)34-26(2,3)35-25)11-7-15-8-12-18-23(22(15)31-4)33-13-32-18/h5-6,8-10,12,17,19-21,24-25,28H,13H2,1-4H3/t17-,19-,20-,21+,24+,25-,27?/m1/s1. The van der Waals surface area contributed by atoms with E-state index in [9.17, 15) is 13.5 Å². The number of ether oxygens (including phenoxy) is 5. The maximum absolute atomic E-state index is 13.6. The normalized spacial score (nSPS) is 33.2.